The van der Waals surface area contributed by atoms with E-state index in [1.807, 2.05) is 11.8 Å². The predicted octanol–water partition coefficient (Wildman–Crippen LogP) is 3.49. The molecule has 1 aliphatic heterocycles. The van der Waals surface area contributed by atoms with Gasteiger partial charge in [0.2, 0.25) is 0 Å². The Labute approximate surface area is 112 Å². The minimum atomic E-state index is -0.670. The number of hydrogen-bond donors (Lipinski definition) is 1. The maximum atomic E-state index is 11.0. The van der Waals surface area contributed by atoms with Crippen molar-refractivity contribution in [1.82, 2.24) is 0 Å². The summed E-state index contributed by atoms with van der Waals surface area (Å²) >= 11 is 1.99. The summed E-state index contributed by atoms with van der Waals surface area (Å²) in [4.78, 5) is 11.0. The lowest BCUT2D eigenvalue weighted by atomic mass is 9.88. The van der Waals surface area contributed by atoms with E-state index in [0.717, 1.165) is 0 Å². The van der Waals surface area contributed by atoms with E-state index in [1.54, 1.807) is 0 Å². The van der Waals surface area contributed by atoms with Crippen molar-refractivity contribution in [2.45, 2.75) is 31.1 Å². The molecule has 2 aliphatic rings. The van der Waals surface area contributed by atoms with Crippen molar-refractivity contribution >= 4 is 17.7 Å². The summed E-state index contributed by atoms with van der Waals surface area (Å²) < 4.78 is 0. The summed E-state index contributed by atoms with van der Waals surface area (Å²) in [6.45, 7) is 0. The quantitative estimate of drug-likeness (QED) is 0.882. The second-order valence-electron chi connectivity index (χ2n) is 5.45. The van der Waals surface area contributed by atoms with Gasteiger partial charge in [0.1, 0.15) is 0 Å². The molecule has 1 aromatic carbocycles. The highest BCUT2D eigenvalue weighted by Crippen LogP contribution is 2.45. The zero-order valence-corrected chi connectivity index (χ0v) is 11.2. The van der Waals surface area contributed by atoms with E-state index in [0.29, 0.717) is 11.8 Å². The number of aliphatic carboxylic acids is 1. The molecule has 1 atom stereocenters. The molecule has 2 nitrogen and oxygen atoms in total. The van der Waals surface area contributed by atoms with Crippen LogP contribution in [0.3, 0.4) is 0 Å². The summed E-state index contributed by atoms with van der Waals surface area (Å²) in [5.74, 6) is 3.30. The number of rotatable bonds is 5. The maximum absolute atomic E-state index is 11.0. The van der Waals surface area contributed by atoms with Crippen molar-refractivity contribution in [2.24, 2.45) is 5.92 Å². The smallest absolute Gasteiger partial charge is 0.303 e. The van der Waals surface area contributed by atoms with Crippen molar-refractivity contribution in [1.29, 1.82) is 0 Å². The van der Waals surface area contributed by atoms with Gasteiger partial charge in [0.15, 0.2) is 0 Å². The fourth-order valence-electron chi connectivity index (χ4n) is 2.72. The van der Waals surface area contributed by atoms with Crippen molar-refractivity contribution < 1.29 is 9.90 Å². The van der Waals surface area contributed by atoms with Gasteiger partial charge in [-0.2, -0.15) is 11.8 Å². The first-order chi connectivity index (χ1) is 8.74. The predicted molar refractivity (Wildman–Crippen MR) is 74.2 cm³/mol. The van der Waals surface area contributed by atoms with Gasteiger partial charge < -0.3 is 5.11 Å². The molecule has 3 rings (SSSR count). The molecule has 1 heterocycles. The normalized spacial score (nSPS) is 21.3. The molecule has 1 saturated heterocycles. The zero-order chi connectivity index (χ0) is 12.5. The Kier molecular flexibility index (Phi) is 3.33. The van der Waals surface area contributed by atoms with E-state index in [4.69, 9.17) is 5.11 Å². The molecule has 1 aliphatic carbocycles. The minimum Gasteiger partial charge on any atom is -0.481 e. The minimum absolute atomic E-state index is 0.232. The SMILES string of the molecule is O=C(O)CC(c1cccc(C2CSC2)c1)C1CC1. The fraction of sp³-hybridized carbons (Fsp3) is 0.533. The Bertz CT molecular complexity index is 450. The Morgan fingerprint density at radius 3 is 2.72 bits per heavy atom. The molecule has 18 heavy (non-hydrogen) atoms. The van der Waals surface area contributed by atoms with Crippen LogP contribution in [0.2, 0.25) is 0 Å². The number of carboxylic acid groups (broad SMARTS) is 1. The van der Waals surface area contributed by atoms with Gasteiger partial charge in [-0.05, 0) is 35.8 Å². The number of carbonyl (C=O) groups is 1. The van der Waals surface area contributed by atoms with Gasteiger partial charge in [-0.25, -0.2) is 0 Å². The highest BCUT2D eigenvalue weighted by molar-refractivity contribution is 8.00. The van der Waals surface area contributed by atoms with Gasteiger partial charge in [-0.1, -0.05) is 24.3 Å². The van der Waals surface area contributed by atoms with Crippen molar-refractivity contribution in [3.8, 4) is 0 Å². The molecular formula is C15H18O2S. The zero-order valence-electron chi connectivity index (χ0n) is 10.3. The summed E-state index contributed by atoms with van der Waals surface area (Å²) in [6, 6.07) is 8.67. The first kappa shape index (κ1) is 12.1. The molecule has 1 N–H and O–H groups in total. The Hall–Kier alpha value is -0.960. The fourth-order valence-corrected chi connectivity index (χ4v) is 3.57. The third-order valence-corrected chi connectivity index (χ3v) is 5.31. The number of carboxylic acids is 1. The van der Waals surface area contributed by atoms with Crippen molar-refractivity contribution in [3.05, 3.63) is 35.4 Å². The Morgan fingerprint density at radius 2 is 2.17 bits per heavy atom. The third-order valence-electron chi connectivity index (χ3n) is 4.03. The van der Waals surface area contributed by atoms with E-state index in [2.05, 4.69) is 24.3 Å². The summed E-state index contributed by atoms with van der Waals surface area (Å²) in [5.41, 5.74) is 2.65. The first-order valence-electron chi connectivity index (χ1n) is 6.63. The summed E-state index contributed by atoms with van der Waals surface area (Å²) in [6.07, 6.45) is 2.68. The largest absolute Gasteiger partial charge is 0.481 e. The van der Waals surface area contributed by atoms with Crippen molar-refractivity contribution in [2.75, 3.05) is 11.5 Å². The number of hydrogen-bond acceptors (Lipinski definition) is 2. The van der Waals surface area contributed by atoms with Crippen LogP contribution < -0.4 is 0 Å². The highest BCUT2D eigenvalue weighted by atomic mass is 32.2. The van der Waals surface area contributed by atoms with Crippen LogP contribution in [0.15, 0.2) is 24.3 Å². The van der Waals surface area contributed by atoms with Gasteiger partial charge in [0, 0.05) is 17.4 Å². The molecule has 96 valence electrons. The van der Waals surface area contributed by atoms with E-state index >= 15 is 0 Å². The average molecular weight is 262 g/mol. The van der Waals surface area contributed by atoms with Crippen LogP contribution >= 0.6 is 11.8 Å². The molecule has 1 unspecified atom stereocenters. The van der Waals surface area contributed by atoms with Crippen LogP contribution in [-0.4, -0.2) is 22.6 Å². The number of thioether (sulfide) groups is 1. The molecule has 0 amide bonds. The second kappa shape index (κ2) is 4.96. The lowest BCUT2D eigenvalue weighted by Crippen LogP contribution is -2.16. The van der Waals surface area contributed by atoms with Crippen LogP contribution in [0.1, 0.15) is 42.2 Å². The summed E-state index contributed by atoms with van der Waals surface area (Å²) in [5, 5.41) is 9.05. The number of benzene rings is 1. The monoisotopic (exact) mass is 262 g/mol. The maximum Gasteiger partial charge on any atom is 0.303 e. The molecular weight excluding hydrogens is 244 g/mol. The van der Waals surface area contributed by atoms with Crippen LogP contribution in [0.25, 0.3) is 0 Å². The van der Waals surface area contributed by atoms with Crippen molar-refractivity contribution in [3.63, 3.8) is 0 Å². The molecule has 0 aromatic heterocycles. The standard InChI is InChI=1S/C15H18O2S/c16-15(17)7-14(10-4-5-10)12-3-1-2-11(6-12)13-8-18-9-13/h1-3,6,10,13-14H,4-5,7-9H2,(H,16,17). The van der Waals surface area contributed by atoms with E-state index < -0.39 is 5.97 Å². The molecule has 1 aromatic rings. The average Bonchev–Trinajstić information content (AvgIpc) is 3.07. The lowest BCUT2D eigenvalue weighted by Gasteiger charge is -2.26. The second-order valence-corrected chi connectivity index (χ2v) is 6.52. The van der Waals surface area contributed by atoms with Crippen LogP contribution in [0.5, 0.6) is 0 Å². The van der Waals surface area contributed by atoms with Gasteiger partial charge in [0.05, 0.1) is 6.42 Å². The molecule has 3 heteroatoms. The topological polar surface area (TPSA) is 37.3 Å². The van der Waals surface area contributed by atoms with Crippen LogP contribution in [0, 0.1) is 5.92 Å². The first-order valence-corrected chi connectivity index (χ1v) is 7.79. The Balaban J connectivity index is 1.81. The van der Waals surface area contributed by atoms with Crippen LogP contribution in [-0.2, 0) is 4.79 Å². The molecule has 2 fully saturated rings. The van der Waals surface area contributed by atoms with Crippen LogP contribution in [0.4, 0.5) is 0 Å². The third kappa shape index (κ3) is 2.56. The van der Waals surface area contributed by atoms with E-state index in [-0.39, 0.29) is 12.3 Å². The molecule has 0 spiro atoms. The van der Waals surface area contributed by atoms with Gasteiger partial charge in [-0.3, -0.25) is 4.79 Å². The molecule has 1 saturated carbocycles. The molecule has 0 bridgehead atoms. The van der Waals surface area contributed by atoms with E-state index in [1.165, 1.54) is 35.5 Å². The van der Waals surface area contributed by atoms with Gasteiger partial charge in [0.25, 0.3) is 0 Å². The highest BCUT2D eigenvalue weighted by Gasteiger charge is 2.34. The summed E-state index contributed by atoms with van der Waals surface area (Å²) in [7, 11) is 0. The van der Waals surface area contributed by atoms with Gasteiger partial charge >= 0.3 is 5.97 Å². The molecule has 0 radical (unpaired) electrons. The van der Waals surface area contributed by atoms with Gasteiger partial charge in [-0.15, -0.1) is 0 Å². The Morgan fingerprint density at radius 1 is 1.39 bits per heavy atom. The van der Waals surface area contributed by atoms with E-state index in [9.17, 15) is 4.79 Å². The lowest BCUT2D eigenvalue weighted by molar-refractivity contribution is -0.137.